The van der Waals surface area contributed by atoms with Gasteiger partial charge >= 0.3 is 0 Å². The molecule has 1 aromatic carbocycles. The van der Waals surface area contributed by atoms with Crippen LogP contribution in [0.25, 0.3) is 0 Å². The maximum atomic E-state index is 5.29. The van der Waals surface area contributed by atoms with Gasteiger partial charge in [0.1, 0.15) is 10.5 Å². The molecule has 0 amide bonds. The van der Waals surface area contributed by atoms with Crippen LogP contribution in [0, 0.1) is 4.64 Å². The lowest BCUT2D eigenvalue weighted by Crippen LogP contribution is -2.23. The Balaban J connectivity index is 2.48. The van der Waals surface area contributed by atoms with Gasteiger partial charge in [-0.2, -0.15) is 0 Å². The van der Waals surface area contributed by atoms with Crippen molar-refractivity contribution in [2.45, 2.75) is 39.0 Å². The highest BCUT2D eigenvalue weighted by Gasteiger charge is 2.25. The first-order valence-electron chi connectivity index (χ1n) is 6.70. The van der Waals surface area contributed by atoms with Crippen molar-refractivity contribution in [3.63, 3.8) is 0 Å². The summed E-state index contributed by atoms with van der Waals surface area (Å²) in [6, 6.07) is 12.4. The third-order valence-electron chi connectivity index (χ3n) is 3.41. The third-order valence-corrected chi connectivity index (χ3v) is 3.61. The molecule has 2 aromatic rings. The molecule has 100 valence electrons. The van der Waals surface area contributed by atoms with Crippen LogP contribution in [0.1, 0.15) is 44.3 Å². The molecule has 0 radical (unpaired) electrons. The van der Waals surface area contributed by atoms with Gasteiger partial charge in [0.2, 0.25) is 0 Å². The fraction of sp³-hybridized carbons (Fsp3) is 0.375. The zero-order valence-electron chi connectivity index (χ0n) is 11.7. The fourth-order valence-corrected chi connectivity index (χ4v) is 2.43. The Labute approximate surface area is 119 Å². The van der Waals surface area contributed by atoms with Crippen LogP contribution in [0.4, 0.5) is 0 Å². The minimum atomic E-state index is -0.168. The van der Waals surface area contributed by atoms with Gasteiger partial charge in [0, 0.05) is 11.1 Å². The summed E-state index contributed by atoms with van der Waals surface area (Å²) in [4.78, 5) is 7.97. The number of benzene rings is 1. The number of aromatic amines is 1. The Hall–Kier alpha value is -1.48. The van der Waals surface area contributed by atoms with E-state index in [1.807, 2.05) is 12.1 Å². The van der Waals surface area contributed by atoms with Gasteiger partial charge in [0.15, 0.2) is 0 Å². The van der Waals surface area contributed by atoms with E-state index in [2.05, 4.69) is 55.0 Å². The number of hydrogen-bond acceptors (Lipinski definition) is 2. The maximum Gasteiger partial charge on any atom is 0.130 e. The van der Waals surface area contributed by atoms with Gasteiger partial charge in [-0.25, -0.2) is 4.98 Å². The summed E-state index contributed by atoms with van der Waals surface area (Å²) in [7, 11) is 0. The van der Waals surface area contributed by atoms with Crippen LogP contribution in [0.15, 0.2) is 36.4 Å². The standard InChI is InChI=1S/C16H20N2S/c1-4-8-13-11-14(19)18-15(17-13)16(2,3)12-9-6-5-7-10-12/h5-7,9-11H,4,8H2,1-3H3,(H,17,18,19). The van der Waals surface area contributed by atoms with E-state index in [0.717, 1.165) is 18.7 Å². The van der Waals surface area contributed by atoms with Crippen molar-refractivity contribution in [3.8, 4) is 0 Å². The van der Waals surface area contributed by atoms with E-state index in [-0.39, 0.29) is 5.41 Å². The minimum absolute atomic E-state index is 0.168. The largest absolute Gasteiger partial charge is 0.346 e. The normalized spacial score (nSPS) is 11.5. The molecular weight excluding hydrogens is 252 g/mol. The molecule has 0 bridgehead atoms. The number of rotatable bonds is 4. The number of aromatic nitrogens is 2. The quantitative estimate of drug-likeness (QED) is 0.835. The molecule has 1 N–H and O–H groups in total. The first-order chi connectivity index (χ1) is 9.04. The predicted molar refractivity (Wildman–Crippen MR) is 82.0 cm³/mol. The van der Waals surface area contributed by atoms with Crippen LogP contribution in [-0.2, 0) is 11.8 Å². The van der Waals surface area contributed by atoms with E-state index in [1.165, 1.54) is 11.3 Å². The molecule has 0 aliphatic carbocycles. The molecule has 0 unspecified atom stereocenters. The second-order valence-corrected chi connectivity index (χ2v) is 5.75. The minimum Gasteiger partial charge on any atom is -0.346 e. The molecule has 1 aromatic heterocycles. The Kier molecular flexibility index (Phi) is 4.15. The average Bonchev–Trinajstić information content (AvgIpc) is 2.39. The highest BCUT2D eigenvalue weighted by atomic mass is 32.1. The molecule has 0 fully saturated rings. The summed E-state index contributed by atoms with van der Waals surface area (Å²) in [5.41, 5.74) is 2.24. The molecule has 1 heterocycles. The van der Waals surface area contributed by atoms with Crippen molar-refractivity contribution in [2.24, 2.45) is 0 Å². The number of nitrogens with one attached hydrogen (secondary N) is 1. The van der Waals surface area contributed by atoms with Crippen LogP contribution in [0.5, 0.6) is 0 Å². The summed E-state index contributed by atoms with van der Waals surface area (Å²) in [6.45, 7) is 6.51. The highest BCUT2D eigenvalue weighted by Crippen LogP contribution is 2.28. The number of nitrogens with zero attached hydrogens (tertiary/aromatic N) is 1. The molecule has 0 aliphatic heterocycles. The first-order valence-corrected chi connectivity index (χ1v) is 7.11. The molecule has 0 spiro atoms. The van der Waals surface area contributed by atoms with E-state index < -0.39 is 0 Å². The molecule has 0 saturated carbocycles. The van der Waals surface area contributed by atoms with Gasteiger partial charge in [0.05, 0.1) is 0 Å². The van der Waals surface area contributed by atoms with Gasteiger partial charge in [-0.15, -0.1) is 0 Å². The van der Waals surface area contributed by atoms with Gasteiger partial charge in [-0.3, -0.25) is 0 Å². The summed E-state index contributed by atoms with van der Waals surface area (Å²) in [5.74, 6) is 0.939. The molecule has 2 nitrogen and oxygen atoms in total. The van der Waals surface area contributed by atoms with Crippen LogP contribution >= 0.6 is 12.2 Å². The van der Waals surface area contributed by atoms with Crippen molar-refractivity contribution in [1.29, 1.82) is 0 Å². The zero-order chi connectivity index (χ0) is 13.9. The number of aryl methyl sites for hydroxylation is 1. The fourth-order valence-electron chi connectivity index (χ4n) is 2.20. The molecule has 0 atom stereocenters. The smallest absolute Gasteiger partial charge is 0.130 e. The highest BCUT2D eigenvalue weighted by molar-refractivity contribution is 7.71. The molecule has 2 rings (SSSR count). The SMILES string of the molecule is CCCc1cc(=S)nc(C(C)(C)c2ccccc2)[nH]1. The second-order valence-electron chi connectivity index (χ2n) is 5.33. The van der Waals surface area contributed by atoms with E-state index >= 15 is 0 Å². The Bertz CT molecular complexity index is 600. The Morgan fingerprint density at radius 1 is 1.21 bits per heavy atom. The van der Waals surface area contributed by atoms with E-state index in [4.69, 9.17) is 12.2 Å². The first kappa shape index (κ1) is 13.9. The third kappa shape index (κ3) is 3.10. The van der Waals surface area contributed by atoms with Crippen molar-refractivity contribution in [1.82, 2.24) is 9.97 Å². The zero-order valence-corrected chi connectivity index (χ0v) is 12.6. The summed E-state index contributed by atoms with van der Waals surface area (Å²) >= 11 is 5.29. The lowest BCUT2D eigenvalue weighted by atomic mass is 9.83. The van der Waals surface area contributed by atoms with Crippen LogP contribution < -0.4 is 0 Å². The molecule has 3 heteroatoms. The molecule has 0 aliphatic rings. The molecule has 19 heavy (non-hydrogen) atoms. The van der Waals surface area contributed by atoms with Gasteiger partial charge in [0.25, 0.3) is 0 Å². The summed E-state index contributed by atoms with van der Waals surface area (Å²) in [5, 5.41) is 0. The van der Waals surface area contributed by atoms with Crippen LogP contribution in [0.3, 0.4) is 0 Å². The van der Waals surface area contributed by atoms with Crippen LogP contribution in [0.2, 0.25) is 0 Å². The van der Waals surface area contributed by atoms with Crippen LogP contribution in [-0.4, -0.2) is 9.97 Å². The van der Waals surface area contributed by atoms with E-state index in [0.29, 0.717) is 4.64 Å². The molecular formula is C16H20N2S. The maximum absolute atomic E-state index is 5.29. The monoisotopic (exact) mass is 272 g/mol. The van der Waals surface area contributed by atoms with Gasteiger partial charge < -0.3 is 4.98 Å². The lowest BCUT2D eigenvalue weighted by molar-refractivity contribution is 0.582. The van der Waals surface area contributed by atoms with Crippen molar-refractivity contribution < 1.29 is 0 Å². The number of H-pyrrole nitrogens is 1. The second kappa shape index (κ2) is 5.66. The Morgan fingerprint density at radius 3 is 2.53 bits per heavy atom. The predicted octanol–water partition coefficient (Wildman–Crippen LogP) is 4.42. The van der Waals surface area contributed by atoms with Gasteiger partial charge in [-0.1, -0.05) is 55.9 Å². The average molecular weight is 272 g/mol. The van der Waals surface area contributed by atoms with E-state index in [1.54, 1.807) is 0 Å². The van der Waals surface area contributed by atoms with E-state index in [9.17, 15) is 0 Å². The molecule has 0 saturated heterocycles. The summed E-state index contributed by atoms with van der Waals surface area (Å²) in [6.07, 6.45) is 2.10. The van der Waals surface area contributed by atoms with Crippen molar-refractivity contribution in [3.05, 3.63) is 58.1 Å². The van der Waals surface area contributed by atoms with Crippen molar-refractivity contribution >= 4 is 12.2 Å². The Morgan fingerprint density at radius 2 is 1.89 bits per heavy atom. The number of hydrogen-bond donors (Lipinski definition) is 1. The lowest BCUT2D eigenvalue weighted by Gasteiger charge is -2.25. The van der Waals surface area contributed by atoms with Gasteiger partial charge in [-0.05, 0) is 31.9 Å². The topological polar surface area (TPSA) is 28.7 Å². The van der Waals surface area contributed by atoms with Crippen molar-refractivity contribution in [2.75, 3.05) is 0 Å². The summed E-state index contributed by atoms with van der Waals surface area (Å²) < 4.78 is 0.668.